The summed E-state index contributed by atoms with van der Waals surface area (Å²) in [4.78, 5) is 5.53. The number of hydrogen-bond donors (Lipinski definition) is 0. The smallest absolute Gasteiger partial charge is 0.0223 e. The van der Waals surface area contributed by atoms with Gasteiger partial charge in [0.15, 0.2) is 0 Å². The van der Waals surface area contributed by atoms with Crippen molar-refractivity contribution >= 4 is 0 Å². The highest BCUT2D eigenvalue weighted by Gasteiger charge is 2.34. The summed E-state index contributed by atoms with van der Waals surface area (Å²) < 4.78 is 0. The molecule has 92 valence electrons. The van der Waals surface area contributed by atoms with E-state index in [1.165, 1.54) is 64.7 Å². The van der Waals surface area contributed by atoms with Crippen LogP contribution in [0.3, 0.4) is 0 Å². The lowest BCUT2D eigenvalue weighted by atomic mass is 9.79. The van der Waals surface area contributed by atoms with Crippen molar-refractivity contribution in [1.82, 2.24) is 9.80 Å². The van der Waals surface area contributed by atoms with Gasteiger partial charge in [-0.3, -0.25) is 9.80 Å². The number of fused-ring (bicyclic) bond motifs is 1. The molecule has 2 unspecified atom stereocenters. The summed E-state index contributed by atoms with van der Waals surface area (Å²) in [7, 11) is 0. The van der Waals surface area contributed by atoms with Crippen molar-refractivity contribution in [3.8, 4) is 0 Å². The largest absolute Gasteiger partial charge is 0.298 e. The summed E-state index contributed by atoms with van der Waals surface area (Å²) in [6.07, 6.45) is 8.83. The van der Waals surface area contributed by atoms with Crippen LogP contribution in [0, 0.1) is 5.92 Å². The second kappa shape index (κ2) is 4.66. The fourth-order valence-corrected chi connectivity index (χ4v) is 3.77. The number of piperidine rings is 1. The van der Waals surface area contributed by atoms with Crippen LogP contribution < -0.4 is 0 Å². The van der Waals surface area contributed by atoms with Gasteiger partial charge in [-0.15, -0.1) is 0 Å². The first-order valence-electron chi connectivity index (χ1n) is 7.32. The lowest BCUT2D eigenvalue weighted by molar-refractivity contribution is 0.00581. The number of piperazine rings is 1. The van der Waals surface area contributed by atoms with E-state index in [1.54, 1.807) is 0 Å². The van der Waals surface area contributed by atoms with E-state index >= 15 is 0 Å². The Hall–Kier alpha value is -0.0800. The molecular weight excluding hydrogens is 196 g/mol. The molecule has 1 saturated carbocycles. The van der Waals surface area contributed by atoms with Gasteiger partial charge in [-0.25, -0.2) is 0 Å². The predicted molar refractivity (Wildman–Crippen MR) is 67.6 cm³/mol. The first-order chi connectivity index (χ1) is 7.84. The first kappa shape index (κ1) is 11.0. The monoisotopic (exact) mass is 222 g/mol. The maximum absolute atomic E-state index is 2.79. The molecule has 2 atom stereocenters. The second-order valence-electron chi connectivity index (χ2n) is 6.11. The van der Waals surface area contributed by atoms with Crippen molar-refractivity contribution in [2.75, 3.05) is 26.2 Å². The molecular formula is C14H26N2. The van der Waals surface area contributed by atoms with Crippen molar-refractivity contribution in [2.45, 2.75) is 57.5 Å². The van der Waals surface area contributed by atoms with E-state index in [0.717, 1.165) is 18.0 Å². The number of rotatable bonds is 2. The molecule has 0 amide bonds. The molecule has 2 heterocycles. The Morgan fingerprint density at radius 2 is 1.81 bits per heavy atom. The van der Waals surface area contributed by atoms with Crippen LogP contribution in [0.2, 0.25) is 0 Å². The van der Waals surface area contributed by atoms with Gasteiger partial charge >= 0.3 is 0 Å². The molecule has 0 aromatic carbocycles. The zero-order valence-electron chi connectivity index (χ0n) is 10.7. The van der Waals surface area contributed by atoms with Crippen LogP contribution in [0.25, 0.3) is 0 Å². The predicted octanol–water partition coefficient (Wildman–Crippen LogP) is 2.35. The normalized spacial score (nSPS) is 35.4. The standard InChI is InChI=1S/C14H26N2/c1-12(13-5-4-6-13)16-10-9-15-8-3-2-7-14(15)11-16/h12-14H,2-11H2,1H3. The second-order valence-corrected chi connectivity index (χ2v) is 6.11. The van der Waals surface area contributed by atoms with Crippen LogP contribution in [0.1, 0.15) is 45.4 Å². The van der Waals surface area contributed by atoms with Gasteiger partial charge in [-0.05, 0) is 45.1 Å². The molecule has 16 heavy (non-hydrogen) atoms. The van der Waals surface area contributed by atoms with Crippen LogP contribution in [-0.4, -0.2) is 48.1 Å². The molecule has 3 fully saturated rings. The average Bonchev–Trinajstić information content (AvgIpc) is 2.26. The van der Waals surface area contributed by atoms with Crippen LogP contribution >= 0.6 is 0 Å². The molecule has 3 aliphatic rings. The first-order valence-corrected chi connectivity index (χ1v) is 7.32. The SMILES string of the molecule is CC(C1CCC1)N1CCN2CCCCC2C1. The van der Waals surface area contributed by atoms with Crippen molar-refractivity contribution in [2.24, 2.45) is 5.92 Å². The fraction of sp³-hybridized carbons (Fsp3) is 1.00. The Labute approximate surface area is 100.0 Å². The third-order valence-electron chi connectivity index (χ3n) is 5.28. The number of nitrogens with zero attached hydrogens (tertiary/aromatic N) is 2. The summed E-state index contributed by atoms with van der Waals surface area (Å²) in [6.45, 7) is 7.87. The maximum atomic E-state index is 2.79. The summed E-state index contributed by atoms with van der Waals surface area (Å²) >= 11 is 0. The van der Waals surface area contributed by atoms with E-state index in [1.807, 2.05) is 0 Å². The van der Waals surface area contributed by atoms with E-state index in [2.05, 4.69) is 16.7 Å². The lowest BCUT2D eigenvalue weighted by Gasteiger charge is -2.48. The molecule has 0 radical (unpaired) electrons. The molecule has 0 N–H and O–H groups in total. The molecule has 2 saturated heterocycles. The summed E-state index contributed by atoms with van der Waals surface area (Å²) in [5.74, 6) is 1.02. The van der Waals surface area contributed by atoms with Gasteiger partial charge in [0.2, 0.25) is 0 Å². The zero-order valence-corrected chi connectivity index (χ0v) is 10.7. The Balaban J connectivity index is 1.57. The molecule has 2 nitrogen and oxygen atoms in total. The van der Waals surface area contributed by atoms with Crippen molar-refractivity contribution in [1.29, 1.82) is 0 Å². The quantitative estimate of drug-likeness (QED) is 0.707. The average molecular weight is 222 g/mol. The van der Waals surface area contributed by atoms with E-state index in [9.17, 15) is 0 Å². The van der Waals surface area contributed by atoms with Crippen LogP contribution in [0.15, 0.2) is 0 Å². The van der Waals surface area contributed by atoms with E-state index in [4.69, 9.17) is 0 Å². The van der Waals surface area contributed by atoms with Crippen LogP contribution in [0.5, 0.6) is 0 Å². The molecule has 0 aromatic rings. The van der Waals surface area contributed by atoms with Gasteiger partial charge in [-0.2, -0.15) is 0 Å². The molecule has 0 spiro atoms. The summed E-state index contributed by atoms with van der Waals surface area (Å²) in [5.41, 5.74) is 0. The third-order valence-corrected chi connectivity index (χ3v) is 5.28. The van der Waals surface area contributed by atoms with E-state index in [-0.39, 0.29) is 0 Å². The molecule has 2 aliphatic heterocycles. The Morgan fingerprint density at radius 1 is 0.938 bits per heavy atom. The van der Waals surface area contributed by atoms with Gasteiger partial charge in [0.25, 0.3) is 0 Å². The zero-order chi connectivity index (χ0) is 11.0. The molecule has 0 aromatic heterocycles. The Morgan fingerprint density at radius 3 is 2.56 bits per heavy atom. The van der Waals surface area contributed by atoms with Gasteiger partial charge < -0.3 is 0 Å². The minimum atomic E-state index is 0.859. The van der Waals surface area contributed by atoms with E-state index in [0.29, 0.717) is 0 Å². The van der Waals surface area contributed by atoms with Crippen molar-refractivity contribution in [3.63, 3.8) is 0 Å². The third kappa shape index (κ3) is 2.02. The van der Waals surface area contributed by atoms with Crippen LogP contribution in [0.4, 0.5) is 0 Å². The highest BCUT2D eigenvalue weighted by molar-refractivity contribution is 4.90. The Kier molecular flexibility index (Phi) is 3.21. The maximum Gasteiger partial charge on any atom is 0.0223 e. The van der Waals surface area contributed by atoms with Crippen LogP contribution in [-0.2, 0) is 0 Å². The lowest BCUT2D eigenvalue weighted by Crippen LogP contribution is -2.58. The van der Waals surface area contributed by atoms with Gasteiger partial charge in [0, 0.05) is 31.7 Å². The fourth-order valence-electron chi connectivity index (χ4n) is 3.77. The number of hydrogen-bond acceptors (Lipinski definition) is 2. The summed E-state index contributed by atoms with van der Waals surface area (Å²) in [6, 6.07) is 1.75. The minimum Gasteiger partial charge on any atom is -0.298 e. The molecule has 3 rings (SSSR count). The molecule has 1 aliphatic carbocycles. The molecule has 2 heteroatoms. The highest BCUT2D eigenvalue weighted by Crippen LogP contribution is 2.33. The van der Waals surface area contributed by atoms with Crippen molar-refractivity contribution < 1.29 is 0 Å². The minimum absolute atomic E-state index is 0.859. The Bertz CT molecular complexity index is 237. The van der Waals surface area contributed by atoms with Gasteiger partial charge in [0.05, 0.1) is 0 Å². The van der Waals surface area contributed by atoms with Crippen molar-refractivity contribution in [3.05, 3.63) is 0 Å². The molecule has 0 bridgehead atoms. The highest BCUT2D eigenvalue weighted by atomic mass is 15.3. The van der Waals surface area contributed by atoms with E-state index < -0.39 is 0 Å². The van der Waals surface area contributed by atoms with Gasteiger partial charge in [-0.1, -0.05) is 12.8 Å². The summed E-state index contributed by atoms with van der Waals surface area (Å²) in [5, 5.41) is 0. The topological polar surface area (TPSA) is 6.48 Å². The van der Waals surface area contributed by atoms with Gasteiger partial charge in [0.1, 0.15) is 0 Å².